The SMILES string of the molecule is COc1ccc2ccccc2c1Cn1cnc2sc(CCNCc3ccccc3)c(C)c2c1=O. The Bertz CT molecular complexity index is 1510. The molecule has 0 spiro atoms. The number of rotatable bonds is 8. The second-order valence-electron chi connectivity index (χ2n) is 8.39. The highest BCUT2D eigenvalue weighted by Crippen LogP contribution is 2.30. The third kappa shape index (κ3) is 4.34. The highest BCUT2D eigenvalue weighted by Gasteiger charge is 2.16. The van der Waals surface area contributed by atoms with Gasteiger partial charge in [0.2, 0.25) is 0 Å². The smallest absolute Gasteiger partial charge is 0.262 e. The van der Waals surface area contributed by atoms with Crippen LogP contribution in [0.1, 0.15) is 21.6 Å². The Morgan fingerprint density at radius 1 is 1.03 bits per heavy atom. The van der Waals surface area contributed by atoms with Crippen LogP contribution in [0.5, 0.6) is 5.75 Å². The Morgan fingerprint density at radius 2 is 1.82 bits per heavy atom. The predicted molar refractivity (Wildman–Crippen MR) is 140 cm³/mol. The Labute approximate surface area is 202 Å². The summed E-state index contributed by atoms with van der Waals surface area (Å²) >= 11 is 1.62. The molecular weight excluding hydrogens is 442 g/mol. The van der Waals surface area contributed by atoms with Gasteiger partial charge >= 0.3 is 0 Å². The molecule has 2 heterocycles. The van der Waals surface area contributed by atoms with E-state index in [9.17, 15) is 4.79 Å². The first-order chi connectivity index (χ1) is 16.7. The second kappa shape index (κ2) is 9.79. The molecule has 0 saturated carbocycles. The molecule has 5 nitrogen and oxygen atoms in total. The molecule has 0 bridgehead atoms. The number of hydrogen-bond acceptors (Lipinski definition) is 5. The molecule has 0 amide bonds. The topological polar surface area (TPSA) is 56.1 Å². The predicted octanol–water partition coefficient (Wildman–Crippen LogP) is 5.31. The summed E-state index contributed by atoms with van der Waals surface area (Å²) in [5.74, 6) is 0.776. The van der Waals surface area contributed by atoms with Crippen LogP contribution >= 0.6 is 11.3 Å². The lowest BCUT2D eigenvalue weighted by Gasteiger charge is -2.13. The number of aryl methyl sites for hydroxylation is 1. The van der Waals surface area contributed by atoms with E-state index in [4.69, 9.17) is 4.74 Å². The van der Waals surface area contributed by atoms with Crippen LogP contribution in [0.15, 0.2) is 77.9 Å². The molecule has 0 unspecified atom stereocenters. The van der Waals surface area contributed by atoms with Crippen molar-refractivity contribution in [3.8, 4) is 5.75 Å². The maximum absolute atomic E-state index is 13.5. The molecule has 3 aromatic carbocycles. The van der Waals surface area contributed by atoms with Crippen molar-refractivity contribution in [3.63, 3.8) is 0 Å². The number of thiophene rings is 1. The highest BCUT2D eigenvalue weighted by atomic mass is 32.1. The van der Waals surface area contributed by atoms with Crippen LogP contribution in [0.25, 0.3) is 21.0 Å². The Hall–Kier alpha value is -3.48. The van der Waals surface area contributed by atoms with Crippen molar-refractivity contribution < 1.29 is 4.74 Å². The van der Waals surface area contributed by atoms with Crippen LogP contribution in [0.4, 0.5) is 0 Å². The highest BCUT2D eigenvalue weighted by molar-refractivity contribution is 7.18. The third-order valence-electron chi connectivity index (χ3n) is 6.26. The first-order valence-electron chi connectivity index (χ1n) is 11.4. The third-order valence-corrected chi connectivity index (χ3v) is 7.52. The lowest BCUT2D eigenvalue weighted by Crippen LogP contribution is -2.21. The number of aromatic nitrogens is 2. The molecule has 0 saturated heterocycles. The molecule has 0 atom stereocenters. The molecule has 0 fully saturated rings. The maximum atomic E-state index is 13.5. The van der Waals surface area contributed by atoms with Gasteiger partial charge in [-0.3, -0.25) is 9.36 Å². The van der Waals surface area contributed by atoms with Crippen LogP contribution in [-0.2, 0) is 19.5 Å². The van der Waals surface area contributed by atoms with Crippen LogP contribution in [0.2, 0.25) is 0 Å². The summed E-state index contributed by atoms with van der Waals surface area (Å²) in [6, 6.07) is 22.6. The number of methoxy groups -OCH3 is 1. The summed E-state index contributed by atoms with van der Waals surface area (Å²) in [4.78, 5) is 20.2. The molecule has 0 radical (unpaired) electrons. The van der Waals surface area contributed by atoms with Gasteiger partial charge in [0.1, 0.15) is 10.6 Å². The van der Waals surface area contributed by atoms with E-state index >= 15 is 0 Å². The van der Waals surface area contributed by atoms with Gasteiger partial charge in [0.15, 0.2) is 0 Å². The first-order valence-corrected chi connectivity index (χ1v) is 12.2. The van der Waals surface area contributed by atoms with E-state index in [0.29, 0.717) is 6.54 Å². The summed E-state index contributed by atoms with van der Waals surface area (Å²) in [5, 5.41) is 6.43. The molecule has 5 aromatic rings. The summed E-state index contributed by atoms with van der Waals surface area (Å²) < 4.78 is 7.33. The summed E-state index contributed by atoms with van der Waals surface area (Å²) in [5.41, 5.74) is 3.29. The van der Waals surface area contributed by atoms with Crippen molar-refractivity contribution in [1.82, 2.24) is 14.9 Å². The van der Waals surface area contributed by atoms with Gasteiger partial charge in [0.25, 0.3) is 5.56 Å². The molecule has 5 rings (SSSR count). The molecule has 0 aliphatic carbocycles. The van der Waals surface area contributed by atoms with E-state index in [1.165, 1.54) is 10.4 Å². The van der Waals surface area contributed by atoms with Gasteiger partial charge in [-0.2, -0.15) is 0 Å². The van der Waals surface area contributed by atoms with E-state index < -0.39 is 0 Å². The lowest BCUT2D eigenvalue weighted by molar-refractivity contribution is 0.409. The number of hydrogen-bond donors (Lipinski definition) is 1. The lowest BCUT2D eigenvalue weighted by atomic mass is 10.0. The van der Waals surface area contributed by atoms with Gasteiger partial charge in [-0.25, -0.2) is 4.98 Å². The monoisotopic (exact) mass is 469 g/mol. The normalized spacial score (nSPS) is 11.4. The van der Waals surface area contributed by atoms with Gasteiger partial charge in [-0.05, 0) is 41.3 Å². The average molecular weight is 470 g/mol. The number of nitrogens with zero attached hydrogens (tertiary/aromatic N) is 2. The zero-order valence-electron chi connectivity index (χ0n) is 19.4. The fourth-order valence-electron chi connectivity index (χ4n) is 4.43. The maximum Gasteiger partial charge on any atom is 0.262 e. The van der Waals surface area contributed by atoms with Crippen molar-refractivity contribution in [2.24, 2.45) is 0 Å². The molecule has 2 aromatic heterocycles. The van der Waals surface area contributed by atoms with Gasteiger partial charge in [-0.1, -0.05) is 60.7 Å². The van der Waals surface area contributed by atoms with Gasteiger partial charge < -0.3 is 10.1 Å². The van der Waals surface area contributed by atoms with Gasteiger partial charge in [0.05, 0.1) is 25.4 Å². The minimum atomic E-state index is -0.00256. The quantitative estimate of drug-likeness (QED) is 0.313. The molecular formula is C28H27N3O2S. The fourth-order valence-corrected chi connectivity index (χ4v) is 5.56. The first kappa shape index (κ1) is 22.3. The van der Waals surface area contributed by atoms with Crippen LogP contribution in [0, 0.1) is 6.92 Å². The molecule has 0 aliphatic rings. The number of fused-ring (bicyclic) bond motifs is 2. The van der Waals surface area contributed by atoms with Crippen molar-refractivity contribution in [1.29, 1.82) is 0 Å². The molecule has 0 aliphatic heterocycles. The number of benzene rings is 3. The van der Waals surface area contributed by atoms with Gasteiger partial charge in [-0.15, -0.1) is 11.3 Å². The van der Waals surface area contributed by atoms with Gasteiger partial charge in [0, 0.05) is 23.5 Å². The van der Waals surface area contributed by atoms with Crippen molar-refractivity contribution >= 4 is 32.3 Å². The minimum Gasteiger partial charge on any atom is -0.496 e. The summed E-state index contributed by atoms with van der Waals surface area (Å²) in [6.45, 7) is 4.14. The second-order valence-corrected chi connectivity index (χ2v) is 9.47. The molecule has 34 heavy (non-hydrogen) atoms. The number of nitrogens with one attached hydrogen (secondary N) is 1. The standard InChI is InChI=1S/C28H27N3O2S/c1-19-25(14-15-29-16-20-8-4-3-5-9-20)34-27-26(19)28(32)31(18-30-27)17-23-22-11-7-6-10-21(22)12-13-24(23)33-2/h3-13,18,29H,14-17H2,1-2H3. The molecule has 1 N–H and O–H groups in total. The van der Waals surface area contributed by atoms with Crippen LogP contribution < -0.4 is 15.6 Å². The summed E-state index contributed by atoms with van der Waals surface area (Å²) in [6.07, 6.45) is 2.54. The Balaban J connectivity index is 1.40. The minimum absolute atomic E-state index is 0.00256. The van der Waals surface area contributed by atoms with Crippen molar-refractivity contribution in [3.05, 3.63) is 105 Å². The zero-order valence-corrected chi connectivity index (χ0v) is 20.2. The Kier molecular flexibility index (Phi) is 6.43. The average Bonchev–Trinajstić information content (AvgIpc) is 3.20. The van der Waals surface area contributed by atoms with E-state index in [1.54, 1.807) is 29.3 Å². The zero-order chi connectivity index (χ0) is 23.5. The van der Waals surface area contributed by atoms with E-state index in [0.717, 1.165) is 57.4 Å². The van der Waals surface area contributed by atoms with Crippen LogP contribution in [-0.4, -0.2) is 23.2 Å². The van der Waals surface area contributed by atoms with Crippen LogP contribution in [0.3, 0.4) is 0 Å². The Morgan fingerprint density at radius 3 is 2.65 bits per heavy atom. The molecule has 6 heteroatoms. The number of ether oxygens (including phenoxy) is 1. The fraction of sp³-hybridized carbons (Fsp3) is 0.214. The summed E-state index contributed by atoms with van der Waals surface area (Å²) in [7, 11) is 1.67. The van der Waals surface area contributed by atoms with Crippen molar-refractivity contribution in [2.75, 3.05) is 13.7 Å². The van der Waals surface area contributed by atoms with E-state index in [1.807, 2.05) is 37.3 Å². The van der Waals surface area contributed by atoms with E-state index in [-0.39, 0.29) is 5.56 Å². The largest absolute Gasteiger partial charge is 0.496 e. The van der Waals surface area contributed by atoms with Crippen molar-refractivity contribution in [2.45, 2.75) is 26.4 Å². The molecule has 172 valence electrons. The van der Waals surface area contributed by atoms with E-state index in [2.05, 4.69) is 46.7 Å².